The fourth-order valence-corrected chi connectivity index (χ4v) is 2.32. The van der Waals surface area contributed by atoms with Crippen molar-refractivity contribution in [2.45, 2.75) is 32.2 Å². The number of benzene rings is 1. The highest BCUT2D eigenvalue weighted by atomic mass is 19.1. The smallest absolute Gasteiger partial charge is 0.257 e. The minimum atomic E-state index is -0.820. The lowest BCUT2D eigenvalue weighted by Gasteiger charge is -2.12. The zero-order chi connectivity index (χ0) is 13.8. The van der Waals surface area contributed by atoms with E-state index in [2.05, 4.69) is 10.6 Å². The molecule has 0 bridgehead atoms. The molecule has 3 nitrogen and oxygen atoms in total. The molecule has 1 fully saturated rings. The molecule has 19 heavy (non-hydrogen) atoms. The topological polar surface area (TPSA) is 41.1 Å². The molecule has 1 aromatic rings. The Morgan fingerprint density at radius 2 is 2.26 bits per heavy atom. The lowest BCUT2D eigenvalue weighted by molar-refractivity contribution is 0.0943. The van der Waals surface area contributed by atoms with E-state index in [4.69, 9.17) is 0 Å². The van der Waals surface area contributed by atoms with Gasteiger partial charge < -0.3 is 10.6 Å². The number of amides is 1. The van der Waals surface area contributed by atoms with Gasteiger partial charge >= 0.3 is 0 Å². The van der Waals surface area contributed by atoms with E-state index in [1.165, 1.54) is 13.0 Å². The molecule has 5 heteroatoms. The van der Waals surface area contributed by atoms with Crippen molar-refractivity contribution in [2.24, 2.45) is 0 Å². The van der Waals surface area contributed by atoms with Crippen LogP contribution in [0.15, 0.2) is 12.1 Å². The van der Waals surface area contributed by atoms with Gasteiger partial charge in [0.25, 0.3) is 5.91 Å². The zero-order valence-electron chi connectivity index (χ0n) is 10.9. The first-order valence-corrected chi connectivity index (χ1v) is 6.56. The molecule has 0 radical (unpaired) electrons. The number of rotatable bonds is 4. The van der Waals surface area contributed by atoms with Crippen LogP contribution in [0.1, 0.15) is 35.2 Å². The molecular weight excluding hydrogens is 250 g/mol. The van der Waals surface area contributed by atoms with Crippen LogP contribution < -0.4 is 10.6 Å². The summed E-state index contributed by atoms with van der Waals surface area (Å²) < 4.78 is 27.2. The van der Waals surface area contributed by atoms with Gasteiger partial charge in [-0.3, -0.25) is 4.79 Å². The van der Waals surface area contributed by atoms with Gasteiger partial charge in [-0.05, 0) is 44.4 Å². The van der Waals surface area contributed by atoms with E-state index >= 15 is 0 Å². The van der Waals surface area contributed by atoms with Crippen molar-refractivity contribution in [3.63, 3.8) is 0 Å². The van der Waals surface area contributed by atoms with E-state index in [0.29, 0.717) is 12.6 Å². The average Bonchev–Trinajstić information content (AvgIpc) is 2.87. The third-order valence-corrected chi connectivity index (χ3v) is 3.45. The van der Waals surface area contributed by atoms with Crippen LogP contribution in [0.2, 0.25) is 0 Å². The van der Waals surface area contributed by atoms with E-state index in [0.717, 1.165) is 31.9 Å². The number of hydrogen-bond acceptors (Lipinski definition) is 2. The lowest BCUT2D eigenvalue weighted by Crippen LogP contribution is -2.31. The van der Waals surface area contributed by atoms with Crippen molar-refractivity contribution < 1.29 is 13.6 Å². The third kappa shape index (κ3) is 3.29. The predicted molar refractivity (Wildman–Crippen MR) is 69.1 cm³/mol. The molecule has 0 aromatic heterocycles. The maximum Gasteiger partial charge on any atom is 0.257 e. The van der Waals surface area contributed by atoms with Crippen LogP contribution in [0.5, 0.6) is 0 Å². The van der Waals surface area contributed by atoms with Gasteiger partial charge in [-0.2, -0.15) is 0 Å². The Kier molecular flexibility index (Phi) is 4.47. The standard InChI is InChI=1S/C14H18F2N2O/c1-9-4-5-11(15)12(13(9)16)14(19)18-8-6-10-3-2-7-17-10/h4-5,10,17H,2-3,6-8H2,1H3,(H,18,19). The Balaban J connectivity index is 1.94. The van der Waals surface area contributed by atoms with Crippen molar-refractivity contribution in [1.82, 2.24) is 10.6 Å². The summed E-state index contributed by atoms with van der Waals surface area (Å²) >= 11 is 0. The summed E-state index contributed by atoms with van der Waals surface area (Å²) in [7, 11) is 0. The van der Waals surface area contributed by atoms with Gasteiger partial charge in [-0.1, -0.05) is 6.07 Å². The quantitative estimate of drug-likeness (QED) is 0.878. The van der Waals surface area contributed by atoms with E-state index in [1.54, 1.807) is 0 Å². The minimum absolute atomic E-state index is 0.268. The molecule has 1 aliphatic rings. The second kappa shape index (κ2) is 6.10. The second-order valence-electron chi connectivity index (χ2n) is 4.89. The largest absolute Gasteiger partial charge is 0.352 e. The monoisotopic (exact) mass is 268 g/mol. The molecule has 0 spiro atoms. The highest BCUT2D eigenvalue weighted by molar-refractivity contribution is 5.94. The van der Waals surface area contributed by atoms with Crippen molar-refractivity contribution in [3.8, 4) is 0 Å². The first-order valence-electron chi connectivity index (χ1n) is 6.56. The molecule has 1 aliphatic heterocycles. The summed E-state index contributed by atoms with van der Waals surface area (Å²) in [4.78, 5) is 11.8. The third-order valence-electron chi connectivity index (χ3n) is 3.45. The van der Waals surface area contributed by atoms with Crippen LogP contribution in [0.4, 0.5) is 8.78 Å². The maximum absolute atomic E-state index is 13.7. The molecule has 104 valence electrons. The van der Waals surface area contributed by atoms with Crippen molar-refractivity contribution in [2.75, 3.05) is 13.1 Å². The van der Waals surface area contributed by atoms with Crippen molar-refractivity contribution in [1.29, 1.82) is 0 Å². The first-order chi connectivity index (χ1) is 9.09. The van der Waals surface area contributed by atoms with Gasteiger partial charge in [0, 0.05) is 12.6 Å². The number of halogens is 2. The molecule has 1 aromatic carbocycles. The highest BCUT2D eigenvalue weighted by Crippen LogP contribution is 2.16. The summed E-state index contributed by atoms with van der Waals surface area (Å²) in [6, 6.07) is 2.84. The number of hydrogen-bond donors (Lipinski definition) is 2. The summed E-state index contributed by atoms with van der Waals surface area (Å²) in [6.07, 6.45) is 3.00. The normalized spacial score (nSPS) is 18.6. The van der Waals surface area contributed by atoms with E-state index in [-0.39, 0.29) is 5.56 Å². The van der Waals surface area contributed by atoms with Gasteiger partial charge in [0.2, 0.25) is 0 Å². The van der Waals surface area contributed by atoms with Crippen LogP contribution in [0.25, 0.3) is 0 Å². The molecule has 1 saturated heterocycles. The number of carbonyl (C=O) groups is 1. The molecule has 2 rings (SSSR count). The molecule has 1 unspecified atom stereocenters. The Bertz CT molecular complexity index is 471. The fourth-order valence-electron chi connectivity index (χ4n) is 2.32. The van der Waals surface area contributed by atoms with Crippen LogP contribution in [0.3, 0.4) is 0 Å². The SMILES string of the molecule is Cc1ccc(F)c(C(=O)NCCC2CCCN2)c1F. The van der Waals surface area contributed by atoms with E-state index < -0.39 is 23.1 Å². The van der Waals surface area contributed by atoms with Crippen LogP contribution in [0, 0.1) is 18.6 Å². The predicted octanol–water partition coefficient (Wildman–Crippen LogP) is 2.15. The number of carbonyl (C=O) groups excluding carboxylic acids is 1. The first kappa shape index (κ1) is 13.9. The van der Waals surface area contributed by atoms with Gasteiger partial charge in [0.15, 0.2) is 0 Å². The number of aryl methyl sites for hydroxylation is 1. The molecule has 0 aliphatic carbocycles. The molecule has 2 N–H and O–H groups in total. The maximum atomic E-state index is 13.7. The molecular formula is C14H18F2N2O. The minimum Gasteiger partial charge on any atom is -0.352 e. The van der Waals surface area contributed by atoms with Crippen LogP contribution in [-0.2, 0) is 0 Å². The van der Waals surface area contributed by atoms with Crippen molar-refractivity contribution >= 4 is 5.91 Å². The van der Waals surface area contributed by atoms with Gasteiger partial charge in [-0.15, -0.1) is 0 Å². The Morgan fingerprint density at radius 1 is 1.47 bits per heavy atom. The van der Waals surface area contributed by atoms with Crippen molar-refractivity contribution in [3.05, 3.63) is 34.9 Å². The molecule has 1 heterocycles. The Labute approximate surface area is 111 Å². The van der Waals surface area contributed by atoms with E-state index in [9.17, 15) is 13.6 Å². The van der Waals surface area contributed by atoms with Crippen LogP contribution in [-0.4, -0.2) is 25.0 Å². The molecule has 1 amide bonds. The average molecular weight is 268 g/mol. The summed E-state index contributed by atoms with van der Waals surface area (Å²) in [6.45, 7) is 2.93. The summed E-state index contributed by atoms with van der Waals surface area (Å²) in [5.41, 5.74) is -0.219. The Morgan fingerprint density at radius 3 is 2.95 bits per heavy atom. The Hall–Kier alpha value is -1.49. The van der Waals surface area contributed by atoms with Gasteiger partial charge in [0.1, 0.15) is 17.2 Å². The van der Waals surface area contributed by atoms with Gasteiger partial charge in [-0.25, -0.2) is 8.78 Å². The fraction of sp³-hybridized carbons (Fsp3) is 0.500. The molecule has 1 atom stereocenters. The second-order valence-corrected chi connectivity index (χ2v) is 4.89. The van der Waals surface area contributed by atoms with Crippen LogP contribution >= 0.6 is 0 Å². The lowest BCUT2D eigenvalue weighted by atomic mass is 10.1. The number of nitrogens with one attached hydrogen (secondary N) is 2. The van der Waals surface area contributed by atoms with E-state index in [1.807, 2.05) is 0 Å². The molecule has 0 saturated carbocycles. The summed E-state index contributed by atoms with van der Waals surface area (Å²) in [5.74, 6) is -2.28. The van der Waals surface area contributed by atoms with Gasteiger partial charge in [0.05, 0.1) is 0 Å². The zero-order valence-corrected chi connectivity index (χ0v) is 10.9. The summed E-state index contributed by atoms with van der Waals surface area (Å²) in [5, 5.41) is 5.88. The highest BCUT2D eigenvalue weighted by Gasteiger charge is 2.19.